The number of pyridine rings is 1. The standard InChI is InChI=1S/C41H48N12O3.C2HF3O2/c1-26-23-47-51-34(26)30-22-32(37(55)36(30)54)53-25-46-35-38(45-24-31(27-10-4-2-5-11-27)28-12-6-3-7-13-28)49-40(50-39(35)53)43-18-19-44-41(56)48-29-15-20-52(21-16-29)33-14-8-9-17-42-33;3-2(4,5)1(6)7/h2-14,17,23,25,29-32,36-37,54-55H,15-16,18-22,24H2,1H3,(H,47,51)(H2,44,48,56)(H2,43,45,49,50);(H,6,7)/t30-,32+,36+,37-;/m0./s1. The van der Waals surface area contributed by atoms with E-state index in [1.165, 1.54) is 0 Å². The van der Waals surface area contributed by atoms with E-state index in [1.54, 1.807) is 18.7 Å². The minimum Gasteiger partial charge on any atom is -0.475 e. The Morgan fingerprint density at radius 2 is 1.56 bits per heavy atom. The number of aromatic amines is 1. The number of urea groups is 1. The van der Waals surface area contributed by atoms with Crippen molar-refractivity contribution in [3.8, 4) is 0 Å². The molecule has 4 aromatic heterocycles. The SMILES string of the molecule is Cc1cn[nH]c1[C@@H]1C[C@@H](n2cnc3c(NCC(c4ccccc4)c4ccccc4)nc(NCCNC(=O)NC4CCN(c5ccccn5)CC4)nc32)[C@H](O)[C@@H]1O.O=C(O)C(F)(F)F. The van der Waals surface area contributed by atoms with Crippen LogP contribution in [0.4, 0.5) is 35.5 Å². The molecule has 1 aliphatic heterocycles. The number of hydrogen-bond acceptors (Lipinski definition) is 12. The highest BCUT2D eigenvalue weighted by atomic mass is 19.4. The molecular weight excluding hydrogens is 822 g/mol. The van der Waals surface area contributed by atoms with Gasteiger partial charge in [-0.05, 0) is 55.0 Å². The fourth-order valence-electron chi connectivity index (χ4n) is 8.04. The summed E-state index contributed by atoms with van der Waals surface area (Å²) in [6.07, 6.45) is 0.168. The average molecular weight is 871 g/mol. The van der Waals surface area contributed by atoms with E-state index in [0.29, 0.717) is 49.0 Å². The fourth-order valence-corrected chi connectivity index (χ4v) is 8.04. The summed E-state index contributed by atoms with van der Waals surface area (Å²) < 4.78 is 33.6. The number of halogens is 3. The van der Waals surface area contributed by atoms with Gasteiger partial charge in [-0.15, -0.1) is 0 Å². The number of nitrogens with one attached hydrogen (secondary N) is 5. The summed E-state index contributed by atoms with van der Waals surface area (Å²) in [5.74, 6) is -1.24. The van der Waals surface area contributed by atoms with Crippen LogP contribution in [0.25, 0.3) is 11.2 Å². The van der Waals surface area contributed by atoms with Crippen molar-refractivity contribution in [3.63, 3.8) is 0 Å². The number of H-pyrrole nitrogens is 1. The summed E-state index contributed by atoms with van der Waals surface area (Å²) in [5, 5.41) is 49.8. The Labute approximate surface area is 360 Å². The zero-order valence-electron chi connectivity index (χ0n) is 34.3. The van der Waals surface area contributed by atoms with Crippen molar-refractivity contribution in [2.45, 2.75) is 68.5 Å². The molecule has 0 radical (unpaired) electrons. The molecule has 2 aliphatic rings. The van der Waals surface area contributed by atoms with Crippen molar-refractivity contribution in [1.82, 2.24) is 45.3 Å². The summed E-state index contributed by atoms with van der Waals surface area (Å²) in [6, 6.07) is 25.9. The maximum absolute atomic E-state index is 12.9. The van der Waals surface area contributed by atoms with E-state index in [0.717, 1.165) is 54.1 Å². The van der Waals surface area contributed by atoms with Crippen molar-refractivity contribution < 1.29 is 38.1 Å². The van der Waals surface area contributed by atoms with Gasteiger partial charge in [0.05, 0.1) is 24.7 Å². The second kappa shape index (κ2) is 19.9. The largest absolute Gasteiger partial charge is 0.490 e. The molecule has 1 saturated carbocycles. The van der Waals surface area contributed by atoms with Crippen LogP contribution in [-0.4, -0.2) is 119 Å². The molecule has 1 aliphatic carbocycles. The quantitative estimate of drug-likeness (QED) is 0.0719. The van der Waals surface area contributed by atoms with E-state index in [9.17, 15) is 28.2 Å². The first-order valence-corrected chi connectivity index (χ1v) is 20.6. The van der Waals surface area contributed by atoms with Crippen molar-refractivity contribution >= 4 is 40.7 Å². The van der Waals surface area contributed by atoms with Crippen LogP contribution in [-0.2, 0) is 4.79 Å². The molecule has 5 heterocycles. The highest BCUT2D eigenvalue weighted by Crippen LogP contribution is 2.43. The molecule has 20 heteroatoms. The number of alkyl halides is 3. The highest BCUT2D eigenvalue weighted by molar-refractivity contribution is 5.84. The number of imidazole rings is 1. The third-order valence-electron chi connectivity index (χ3n) is 11.3. The molecule has 6 aromatic rings. The second-order valence-electron chi connectivity index (χ2n) is 15.4. The van der Waals surface area contributed by atoms with Gasteiger partial charge in [0.1, 0.15) is 11.9 Å². The number of fused-ring (bicyclic) bond motifs is 1. The summed E-state index contributed by atoms with van der Waals surface area (Å²) in [7, 11) is 0. The molecule has 2 fully saturated rings. The number of aliphatic carboxylic acids is 1. The number of carboxylic acid groups (broad SMARTS) is 1. The van der Waals surface area contributed by atoms with E-state index in [1.807, 2.05) is 66.1 Å². The Bertz CT molecular complexity index is 2380. The summed E-state index contributed by atoms with van der Waals surface area (Å²) >= 11 is 0. The molecule has 0 unspecified atom stereocenters. The second-order valence-corrected chi connectivity index (χ2v) is 15.4. The number of benzene rings is 2. The summed E-state index contributed by atoms with van der Waals surface area (Å²) in [6.45, 7) is 4.83. The lowest BCUT2D eigenvalue weighted by atomic mass is 9.91. The smallest absolute Gasteiger partial charge is 0.475 e. The van der Waals surface area contributed by atoms with Gasteiger partial charge in [-0.1, -0.05) is 66.7 Å². The zero-order chi connectivity index (χ0) is 44.5. The number of carbonyl (C=O) groups is 2. The Morgan fingerprint density at radius 3 is 2.16 bits per heavy atom. The van der Waals surface area contributed by atoms with Gasteiger partial charge in [0.15, 0.2) is 17.0 Å². The van der Waals surface area contributed by atoms with Crippen LogP contribution < -0.4 is 26.2 Å². The summed E-state index contributed by atoms with van der Waals surface area (Å²) in [5.41, 5.74) is 5.12. The van der Waals surface area contributed by atoms with Crippen LogP contribution in [0.1, 0.15) is 59.5 Å². The number of aliphatic hydroxyl groups is 2. The topological polar surface area (TPSA) is 231 Å². The number of aryl methyl sites for hydroxylation is 1. The molecular formula is C43H49F3N12O5. The number of anilines is 3. The predicted molar refractivity (Wildman–Crippen MR) is 228 cm³/mol. The first-order chi connectivity index (χ1) is 30.4. The monoisotopic (exact) mass is 870 g/mol. The van der Waals surface area contributed by atoms with Crippen LogP contribution in [0.3, 0.4) is 0 Å². The zero-order valence-corrected chi connectivity index (χ0v) is 34.3. The lowest BCUT2D eigenvalue weighted by Crippen LogP contribution is -2.48. The Morgan fingerprint density at radius 1 is 0.889 bits per heavy atom. The van der Waals surface area contributed by atoms with Gasteiger partial charge in [0, 0.05) is 62.5 Å². The number of aromatic nitrogens is 7. The summed E-state index contributed by atoms with van der Waals surface area (Å²) in [4.78, 5) is 42.9. The molecule has 8 rings (SSSR count). The lowest BCUT2D eigenvalue weighted by Gasteiger charge is -2.33. The van der Waals surface area contributed by atoms with Crippen LogP contribution in [0.15, 0.2) is 97.6 Å². The van der Waals surface area contributed by atoms with Crippen molar-refractivity contribution in [2.24, 2.45) is 0 Å². The van der Waals surface area contributed by atoms with E-state index in [4.69, 9.17) is 24.9 Å². The van der Waals surface area contributed by atoms with Crippen molar-refractivity contribution in [2.75, 3.05) is 48.3 Å². The third-order valence-corrected chi connectivity index (χ3v) is 11.3. The molecule has 63 heavy (non-hydrogen) atoms. The fraction of sp³-hybridized carbons (Fsp3) is 0.372. The highest BCUT2D eigenvalue weighted by Gasteiger charge is 2.45. The Hall–Kier alpha value is -6.80. The number of aliphatic hydroxyl groups excluding tert-OH is 2. The lowest BCUT2D eigenvalue weighted by molar-refractivity contribution is -0.192. The van der Waals surface area contributed by atoms with Crippen LogP contribution in [0, 0.1) is 6.92 Å². The molecule has 4 atom stereocenters. The first-order valence-electron chi connectivity index (χ1n) is 20.6. The third kappa shape index (κ3) is 10.8. The molecule has 17 nitrogen and oxygen atoms in total. The van der Waals surface area contributed by atoms with Crippen LogP contribution >= 0.6 is 0 Å². The van der Waals surface area contributed by atoms with E-state index in [-0.39, 0.29) is 23.9 Å². The number of hydrogen-bond donors (Lipinski definition) is 8. The van der Waals surface area contributed by atoms with E-state index < -0.39 is 30.4 Å². The van der Waals surface area contributed by atoms with E-state index >= 15 is 0 Å². The van der Waals surface area contributed by atoms with Crippen molar-refractivity contribution in [1.29, 1.82) is 0 Å². The number of amides is 2. The number of nitrogens with zero attached hydrogens (tertiary/aromatic N) is 7. The first kappa shape index (κ1) is 44.3. The van der Waals surface area contributed by atoms with Gasteiger partial charge < -0.3 is 46.1 Å². The van der Waals surface area contributed by atoms with Crippen LogP contribution in [0.5, 0.6) is 0 Å². The van der Waals surface area contributed by atoms with Gasteiger partial charge in [-0.25, -0.2) is 19.6 Å². The average Bonchev–Trinajstić information content (AvgIpc) is 3.99. The molecule has 2 aromatic carbocycles. The van der Waals surface area contributed by atoms with Gasteiger partial charge in [-0.2, -0.15) is 28.2 Å². The Kier molecular flexibility index (Phi) is 14.0. The number of rotatable bonds is 13. The molecule has 1 saturated heterocycles. The number of carboxylic acids is 1. The van der Waals surface area contributed by atoms with Gasteiger partial charge in [-0.3, -0.25) is 5.10 Å². The molecule has 8 N–H and O–H groups in total. The maximum atomic E-state index is 12.9. The van der Waals surface area contributed by atoms with Gasteiger partial charge in [0.25, 0.3) is 0 Å². The van der Waals surface area contributed by atoms with Gasteiger partial charge >= 0.3 is 18.2 Å². The molecule has 332 valence electrons. The van der Waals surface area contributed by atoms with Crippen LogP contribution in [0.2, 0.25) is 0 Å². The minimum absolute atomic E-state index is 0.0241. The minimum atomic E-state index is -5.08. The van der Waals surface area contributed by atoms with Gasteiger partial charge in [0.2, 0.25) is 5.95 Å². The number of piperidine rings is 1. The normalized spacial score (nSPS) is 19.1. The molecule has 2 amide bonds. The maximum Gasteiger partial charge on any atom is 0.490 e. The molecule has 0 bridgehead atoms. The predicted octanol–water partition coefficient (Wildman–Crippen LogP) is 4.96. The Balaban J connectivity index is 0.000000785. The molecule has 0 spiro atoms. The van der Waals surface area contributed by atoms with E-state index in [2.05, 4.69) is 65.6 Å². The van der Waals surface area contributed by atoms with Crippen molar-refractivity contribution in [3.05, 3.63) is 120 Å². The number of carbonyl (C=O) groups excluding carboxylic acids is 1.